The third-order valence-electron chi connectivity index (χ3n) is 2.97. The number of hydrogen-bond donors (Lipinski definition) is 2. The number of aliphatic carboxylic acids is 1. The van der Waals surface area contributed by atoms with E-state index in [-0.39, 0.29) is 18.4 Å². The van der Waals surface area contributed by atoms with Crippen molar-refractivity contribution in [1.82, 2.24) is 15.2 Å². The maximum Gasteiger partial charge on any atom is 0.317 e. The molecule has 0 aliphatic heterocycles. The lowest BCUT2D eigenvalue weighted by atomic mass is 10.1. The van der Waals surface area contributed by atoms with E-state index in [0.717, 1.165) is 5.56 Å². The van der Waals surface area contributed by atoms with Crippen LogP contribution in [0.1, 0.15) is 25.3 Å². The highest BCUT2D eigenvalue weighted by molar-refractivity contribution is 5.73. The van der Waals surface area contributed by atoms with Gasteiger partial charge in [-0.3, -0.25) is 9.78 Å². The van der Waals surface area contributed by atoms with E-state index in [0.29, 0.717) is 19.5 Å². The first-order valence-corrected chi connectivity index (χ1v) is 6.58. The summed E-state index contributed by atoms with van der Waals surface area (Å²) >= 11 is 0. The van der Waals surface area contributed by atoms with Crippen molar-refractivity contribution in [2.45, 2.75) is 26.3 Å². The van der Waals surface area contributed by atoms with Gasteiger partial charge in [0.15, 0.2) is 0 Å². The van der Waals surface area contributed by atoms with Crippen LogP contribution in [0.4, 0.5) is 4.79 Å². The number of carbonyl (C=O) groups excluding carboxylic acids is 1. The number of pyridine rings is 1. The van der Waals surface area contributed by atoms with Crippen molar-refractivity contribution in [1.29, 1.82) is 0 Å². The number of amides is 2. The zero-order chi connectivity index (χ0) is 15.0. The molecule has 1 aromatic rings. The van der Waals surface area contributed by atoms with Gasteiger partial charge in [0.1, 0.15) is 0 Å². The number of carbonyl (C=O) groups is 2. The van der Waals surface area contributed by atoms with Gasteiger partial charge in [-0.2, -0.15) is 0 Å². The van der Waals surface area contributed by atoms with Gasteiger partial charge >= 0.3 is 12.0 Å². The normalized spacial score (nSPS) is 11.7. The summed E-state index contributed by atoms with van der Waals surface area (Å²) in [5, 5.41) is 11.4. The van der Waals surface area contributed by atoms with Crippen LogP contribution in [-0.2, 0) is 11.3 Å². The lowest BCUT2D eigenvalue weighted by Gasteiger charge is -2.19. The highest BCUT2D eigenvalue weighted by Gasteiger charge is 2.11. The van der Waals surface area contributed by atoms with Gasteiger partial charge in [-0.05, 0) is 30.0 Å². The first kappa shape index (κ1) is 15.9. The Balaban J connectivity index is 2.29. The lowest BCUT2D eigenvalue weighted by Crippen LogP contribution is -2.38. The average Bonchev–Trinajstić information content (AvgIpc) is 2.43. The smallest absolute Gasteiger partial charge is 0.317 e. The van der Waals surface area contributed by atoms with Gasteiger partial charge < -0.3 is 15.3 Å². The van der Waals surface area contributed by atoms with E-state index in [1.807, 2.05) is 19.1 Å². The van der Waals surface area contributed by atoms with E-state index in [1.165, 1.54) is 0 Å². The SMILES string of the molecule is CC(CCC(=O)O)CNC(=O)N(C)Cc1ccncc1. The molecule has 0 spiro atoms. The van der Waals surface area contributed by atoms with Gasteiger partial charge in [0.2, 0.25) is 0 Å². The van der Waals surface area contributed by atoms with Crippen LogP contribution < -0.4 is 5.32 Å². The summed E-state index contributed by atoms with van der Waals surface area (Å²) in [5.74, 6) is -0.664. The predicted molar refractivity (Wildman–Crippen MR) is 75.1 cm³/mol. The van der Waals surface area contributed by atoms with Gasteiger partial charge in [-0.15, -0.1) is 0 Å². The number of nitrogens with one attached hydrogen (secondary N) is 1. The summed E-state index contributed by atoms with van der Waals surface area (Å²) in [6.45, 7) is 2.91. The van der Waals surface area contributed by atoms with Gasteiger partial charge in [-0.1, -0.05) is 6.92 Å². The van der Waals surface area contributed by atoms with Crippen molar-refractivity contribution in [3.63, 3.8) is 0 Å². The van der Waals surface area contributed by atoms with Crippen LogP contribution in [0.15, 0.2) is 24.5 Å². The molecule has 0 bridgehead atoms. The standard InChI is InChI=1S/C14H21N3O3/c1-11(3-4-13(18)19)9-16-14(20)17(2)10-12-5-7-15-8-6-12/h5-8,11H,3-4,9-10H2,1-2H3,(H,16,20)(H,18,19). The Kier molecular flexibility index (Phi) is 6.49. The summed E-state index contributed by atoms with van der Waals surface area (Å²) in [7, 11) is 1.72. The Hall–Kier alpha value is -2.11. The van der Waals surface area contributed by atoms with Crippen molar-refractivity contribution < 1.29 is 14.7 Å². The Labute approximate surface area is 118 Å². The number of nitrogens with zero attached hydrogens (tertiary/aromatic N) is 2. The lowest BCUT2D eigenvalue weighted by molar-refractivity contribution is -0.137. The van der Waals surface area contributed by atoms with Crippen LogP contribution in [0.3, 0.4) is 0 Å². The van der Waals surface area contributed by atoms with Crippen LogP contribution in [0.5, 0.6) is 0 Å². The molecule has 20 heavy (non-hydrogen) atoms. The van der Waals surface area contributed by atoms with Crippen molar-refractivity contribution in [3.8, 4) is 0 Å². The van der Waals surface area contributed by atoms with E-state index >= 15 is 0 Å². The second kappa shape index (κ2) is 8.14. The van der Waals surface area contributed by atoms with E-state index in [2.05, 4.69) is 10.3 Å². The second-order valence-corrected chi connectivity index (χ2v) is 4.94. The first-order valence-electron chi connectivity index (χ1n) is 6.58. The summed E-state index contributed by atoms with van der Waals surface area (Å²) in [6.07, 6.45) is 4.07. The fourth-order valence-electron chi connectivity index (χ4n) is 1.70. The molecule has 2 N–H and O–H groups in total. The molecular weight excluding hydrogens is 258 g/mol. The Morgan fingerprint density at radius 3 is 2.65 bits per heavy atom. The number of carboxylic acid groups (broad SMARTS) is 1. The van der Waals surface area contributed by atoms with Crippen LogP contribution in [0.2, 0.25) is 0 Å². The van der Waals surface area contributed by atoms with Crippen LogP contribution in [0, 0.1) is 5.92 Å². The second-order valence-electron chi connectivity index (χ2n) is 4.94. The van der Waals surface area contributed by atoms with Gasteiger partial charge in [0.25, 0.3) is 0 Å². The molecule has 1 heterocycles. The van der Waals surface area contributed by atoms with Gasteiger partial charge in [0.05, 0.1) is 0 Å². The minimum atomic E-state index is -0.807. The highest BCUT2D eigenvalue weighted by Crippen LogP contribution is 2.05. The summed E-state index contributed by atoms with van der Waals surface area (Å²) in [4.78, 5) is 27.8. The van der Waals surface area contributed by atoms with Crippen molar-refractivity contribution in [2.24, 2.45) is 5.92 Å². The summed E-state index contributed by atoms with van der Waals surface area (Å²) in [5.41, 5.74) is 1.01. The average molecular weight is 279 g/mol. The molecule has 0 aliphatic carbocycles. The third-order valence-corrected chi connectivity index (χ3v) is 2.97. The van der Waals surface area contributed by atoms with Gasteiger partial charge in [-0.25, -0.2) is 4.79 Å². The number of rotatable bonds is 7. The van der Waals surface area contributed by atoms with Crippen LogP contribution in [0.25, 0.3) is 0 Å². The molecule has 0 aliphatic rings. The largest absolute Gasteiger partial charge is 0.481 e. The molecular formula is C14H21N3O3. The minimum Gasteiger partial charge on any atom is -0.481 e. The third kappa shape index (κ3) is 6.17. The molecule has 1 atom stereocenters. The molecule has 0 radical (unpaired) electrons. The van der Waals surface area contributed by atoms with Crippen molar-refractivity contribution >= 4 is 12.0 Å². The summed E-state index contributed by atoms with van der Waals surface area (Å²) < 4.78 is 0. The molecule has 1 rings (SSSR count). The van der Waals surface area contributed by atoms with Crippen molar-refractivity contribution in [2.75, 3.05) is 13.6 Å². The molecule has 0 aromatic carbocycles. The molecule has 6 heteroatoms. The molecule has 2 amide bonds. The number of aromatic nitrogens is 1. The number of carboxylic acids is 1. The number of urea groups is 1. The van der Waals surface area contributed by atoms with E-state index in [1.54, 1.807) is 24.3 Å². The molecule has 1 aromatic heterocycles. The number of hydrogen-bond acceptors (Lipinski definition) is 3. The molecule has 6 nitrogen and oxygen atoms in total. The molecule has 0 saturated heterocycles. The van der Waals surface area contributed by atoms with E-state index < -0.39 is 5.97 Å². The topological polar surface area (TPSA) is 82.5 Å². The predicted octanol–water partition coefficient (Wildman–Crippen LogP) is 1.72. The fourth-order valence-corrected chi connectivity index (χ4v) is 1.70. The minimum absolute atomic E-state index is 0.129. The maximum atomic E-state index is 11.9. The molecule has 0 fully saturated rings. The van der Waals surface area contributed by atoms with Crippen LogP contribution >= 0.6 is 0 Å². The molecule has 0 saturated carbocycles. The Morgan fingerprint density at radius 1 is 1.40 bits per heavy atom. The summed E-state index contributed by atoms with van der Waals surface area (Å²) in [6, 6.07) is 3.56. The zero-order valence-electron chi connectivity index (χ0n) is 11.9. The van der Waals surface area contributed by atoms with Crippen molar-refractivity contribution in [3.05, 3.63) is 30.1 Å². The maximum absolute atomic E-state index is 11.9. The van der Waals surface area contributed by atoms with E-state index in [9.17, 15) is 9.59 Å². The quantitative estimate of drug-likeness (QED) is 0.796. The highest BCUT2D eigenvalue weighted by atomic mass is 16.4. The Morgan fingerprint density at radius 2 is 2.05 bits per heavy atom. The molecule has 1 unspecified atom stereocenters. The zero-order valence-corrected chi connectivity index (χ0v) is 11.9. The molecule has 110 valence electrons. The van der Waals surface area contributed by atoms with Crippen LogP contribution in [-0.4, -0.2) is 40.6 Å². The fraction of sp³-hybridized carbons (Fsp3) is 0.500. The van der Waals surface area contributed by atoms with Gasteiger partial charge in [0, 0.05) is 39.0 Å². The van der Waals surface area contributed by atoms with E-state index in [4.69, 9.17) is 5.11 Å². The monoisotopic (exact) mass is 279 g/mol. The Bertz CT molecular complexity index is 437. The first-order chi connectivity index (χ1) is 9.49.